The van der Waals surface area contributed by atoms with Gasteiger partial charge in [-0.05, 0) is 12.1 Å². The monoisotopic (exact) mass is 340 g/mol. The number of aromatic nitrogens is 1. The zero-order valence-corrected chi connectivity index (χ0v) is 12.0. The molecule has 0 fully saturated rings. The van der Waals surface area contributed by atoms with Crippen LogP contribution in [0.15, 0.2) is 16.9 Å². The number of pyridine rings is 1. The number of rotatable bonds is 4. The Hall–Kier alpha value is -3.43. The van der Waals surface area contributed by atoms with E-state index in [1.807, 2.05) is 4.98 Å². The van der Waals surface area contributed by atoms with Gasteiger partial charge < -0.3 is 25.7 Å². The lowest BCUT2D eigenvalue weighted by atomic mass is 9.94. The van der Waals surface area contributed by atoms with Crippen molar-refractivity contribution in [2.75, 3.05) is 12.8 Å². The van der Waals surface area contributed by atoms with E-state index in [4.69, 9.17) is 5.73 Å². The van der Waals surface area contributed by atoms with Crippen molar-refractivity contribution in [1.29, 1.82) is 0 Å². The average Bonchev–Trinajstić information content (AvgIpc) is 2.46. The van der Waals surface area contributed by atoms with Gasteiger partial charge in [-0.25, -0.2) is 18.4 Å². The number of hydrogen-bond acceptors (Lipinski definition) is 5. The zero-order valence-electron chi connectivity index (χ0n) is 12.0. The van der Waals surface area contributed by atoms with Crippen LogP contribution in [0.5, 0.6) is 5.75 Å². The summed E-state index contributed by atoms with van der Waals surface area (Å²) in [6, 6.07) is 1.66. The van der Waals surface area contributed by atoms with Gasteiger partial charge in [0.2, 0.25) is 0 Å². The number of anilines is 1. The number of methoxy groups -OCH3 is 1. The van der Waals surface area contributed by atoms with E-state index < -0.39 is 63.0 Å². The molecule has 24 heavy (non-hydrogen) atoms. The van der Waals surface area contributed by atoms with Gasteiger partial charge in [0.15, 0.2) is 11.6 Å². The predicted octanol–water partition coefficient (Wildman–Crippen LogP) is 1.31. The van der Waals surface area contributed by atoms with E-state index >= 15 is 0 Å². The van der Waals surface area contributed by atoms with E-state index in [0.29, 0.717) is 0 Å². The Balaban J connectivity index is 3.12. The number of nitrogens with one attached hydrogen (secondary N) is 1. The normalized spacial score (nSPS) is 10.5. The van der Waals surface area contributed by atoms with Gasteiger partial charge in [0.25, 0.3) is 5.56 Å². The number of nitrogen functional groups attached to an aromatic ring is 1. The van der Waals surface area contributed by atoms with E-state index in [-0.39, 0.29) is 0 Å². The van der Waals surface area contributed by atoms with Gasteiger partial charge >= 0.3 is 11.9 Å². The third-order valence-electron chi connectivity index (χ3n) is 3.20. The fourth-order valence-corrected chi connectivity index (χ4v) is 2.22. The molecule has 0 atom stereocenters. The van der Waals surface area contributed by atoms with Crippen molar-refractivity contribution in [2.45, 2.75) is 0 Å². The van der Waals surface area contributed by atoms with Crippen LogP contribution in [0.3, 0.4) is 0 Å². The first-order chi connectivity index (χ1) is 11.2. The minimum atomic E-state index is -1.88. The van der Waals surface area contributed by atoms with Crippen LogP contribution in [0.1, 0.15) is 20.7 Å². The van der Waals surface area contributed by atoms with Crippen molar-refractivity contribution < 1.29 is 33.3 Å². The number of ether oxygens (including phenoxy) is 1. The van der Waals surface area contributed by atoms with Crippen LogP contribution in [0.4, 0.5) is 14.6 Å². The second-order valence-corrected chi connectivity index (χ2v) is 4.54. The Bertz CT molecular complexity index is 922. The van der Waals surface area contributed by atoms with Crippen LogP contribution in [-0.2, 0) is 0 Å². The number of halogens is 2. The molecule has 5 N–H and O–H groups in total. The number of carboxylic acids is 2. The second-order valence-electron chi connectivity index (χ2n) is 4.54. The van der Waals surface area contributed by atoms with E-state index in [2.05, 4.69) is 4.74 Å². The van der Waals surface area contributed by atoms with Crippen LogP contribution < -0.4 is 16.0 Å². The maximum atomic E-state index is 14.5. The molecular formula is C14H10F2N2O6. The number of carbonyl (C=O) groups is 2. The van der Waals surface area contributed by atoms with Crippen LogP contribution in [0, 0.1) is 11.6 Å². The SMILES string of the molecule is COc1ccc(F)c(-c2c(C(=O)O)c(N)[nH]c(=O)c2C(=O)O)c1F. The number of H-pyrrole nitrogens is 1. The Morgan fingerprint density at radius 2 is 1.71 bits per heavy atom. The van der Waals surface area contributed by atoms with Crippen molar-refractivity contribution in [2.24, 2.45) is 0 Å². The molecule has 2 rings (SSSR count). The lowest BCUT2D eigenvalue weighted by Crippen LogP contribution is -2.24. The molecule has 2 aromatic rings. The summed E-state index contributed by atoms with van der Waals surface area (Å²) >= 11 is 0. The van der Waals surface area contributed by atoms with E-state index in [0.717, 1.165) is 19.2 Å². The third-order valence-corrected chi connectivity index (χ3v) is 3.20. The first-order valence-electron chi connectivity index (χ1n) is 6.25. The summed E-state index contributed by atoms with van der Waals surface area (Å²) in [5.74, 6) is -7.53. The highest BCUT2D eigenvalue weighted by Gasteiger charge is 2.31. The molecular weight excluding hydrogens is 330 g/mol. The van der Waals surface area contributed by atoms with E-state index in [1.54, 1.807) is 0 Å². The molecule has 1 aromatic heterocycles. The van der Waals surface area contributed by atoms with E-state index in [9.17, 15) is 33.4 Å². The van der Waals surface area contributed by atoms with Gasteiger partial charge in [0.1, 0.15) is 22.8 Å². The minimum absolute atomic E-state index is 0.474. The van der Waals surface area contributed by atoms with Crippen LogP contribution in [-0.4, -0.2) is 34.2 Å². The number of aromatic amines is 1. The highest BCUT2D eigenvalue weighted by Crippen LogP contribution is 2.36. The van der Waals surface area contributed by atoms with E-state index in [1.165, 1.54) is 0 Å². The topological polar surface area (TPSA) is 143 Å². The van der Waals surface area contributed by atoms with Crippen LogP contribution >= 0.6 is 0 Å². The number of hydrogen-bond donors (Lipinski definition) is 4. The number of aromatic carboxylic acids is 2. The molecule has 0 radical (unpaired) electrons. The molecule has 126 valence electrons. The lowest BCUT2D eigenvalue weighted by Gasteiger charge is -2.14. The fraction of sp³-hybridized carbons (Fsp3) is 0.0714. The molecule has 1 heterocycles. The highest BCUT2D eigenvalue weighted by molar-refractivity contribution is 6.07. The lowest BCUT2D eigenvalue weighted by molar-refractivity contribution is 0.0695. The van der Waals surface area contributed by atoms with Gasteiger partial charge in [-0.15, -0.1) is 0 Å². The quantitative estimate of drug-likeness (QED) is 0.657. The molecule has 1 aromatic carbocycles. The molecule has 0 aliphatic carbocycles. The van der Waals surface area contributed by atoms with Gasteiger partial charge in [-0.2, -0.15) is 0 Å². The summed E-state index contributed by atoms with van der Waals surface area (Å²) in [7, 11) is 1.07. The molecule has 0 amide bonds. The number of nitrogens with two attached hydrogens (primary N) is 1. The van der Waals surface area contributed by atoms with Crippen molar-refractivity contribution in [1.82, 2.24) is 4.98 Å². The highest BCUT2D eigenvalue weighted by atomic mass is 19.1. The number of carboxylic acid groups (broad SMARTS) is 2. The summed E-state index contributed by atoms with van der Waals surface area (Å²) in [6.45, 7) is 0. The van der Waals surface area contributed by atoms with Gasteiger partial charge in [0.05, 0.1) is 12.7 Å². The van der Waals surface area contributed by atoms with Crippen molar-refractivity contribution in [3.05, 3.63) is 45.2 Å². The maximum Gasteiger partial charge on any atom is 0.342 e. The molecule has 0 spiro atoms. The minimum Gasteiger partial charge on any atom is -0.494 e. The zero-order chi connectivity index (χ0) is 18.2. The fourth-order valence-electron chi connectivity index (χ4n) is 2.22. The molecule has 0 bridgehead atoms. The number of benzene rings is 1. The van der Waals surface area contributed by atoms with Crippen molar-refractivity contribution in [3.63, 3.8) is 0 Å². The molecule has 0 saturated heterocycles. The molecule has 8 nitrogen and oxygen atoms in total. The Kier molecular flexibility index (Phi) is 4.22. The summed E-state index contributed by atoms with van der Waals surface area (Å²) in [6.07, 6.45) is 0. The smallest absolute Gasteiger partial charge is 0.342 e. The van der Waals surface area contributed by atoms with Gasteiger partial charge in [-0.3, -0.25) is 4.79 Å². The summed E-state index contributed by atoms with van der Waals surface area (Å²) in [4.78, 5) is 36.4. The summed E-state index contributed by atoms with van der Waals surface area (Å²) < 4.78 is 33.3. The van der Waals surface area contributed by atoms with Gasteiger partial charge in [0, 0.05) is 5.56 Å². The van der Waals surface area contributed by atoms with Crippen molar-refractivity contribution >= 4 is 17.8 Å². The summed E-state index contributed by atoms with van der Waals surface area (Å²) in [5.41, 5.74) is -0.0363. The Labute approximate surface area is 132 Å². The summed E-state index contributed by atoms with van der Waals surface area (Å²) in [5, 5.41) is 18.4. The largest absolute Gasteiger partial charge is 0.494 e. The molecule has 0 saturated carbocycles. The standard InChI is InChI=1S/C14H10F2N2O6/c1-24-5-3-2-4(15)6(10(5)16)7-8(13(20)21)11(17)18-12(19)9(7)14(22)23/h2-3H,1H3,(H,20,21)(H,22,23)(H3,17,18,19). The predicted molar refractivity (Wildman–Crippen MR) is 77.3 cm³/mol. The Morgan fingerprint density at radius 3 is 2.21 bits per heavy atom. The van der Waals surface area contributed by atoms with Crippen molar-refractivity contribution in [3.8, 4) is 16.9 Å². The second kappa shape index (κ2) is 5.99. The average molecular weight is 340 g/mol. The molecule has 0 aliphatic rings. The molecule has 0 unspecified atom stereocenters. The molecule has 10 heteroatoms. The van der Waals surface area contributed by atoms with Crippen LogP contribution in [0.25, 0.3) is 11.1 Å². The Morgan fingerprint density at radius 1 is 1.12 bits per heavy atom. The maximum absolute atomic E-state index is 14.5. The molecule has 0 aliphatic heterocycles. The first-order valence-corrected chi connectivity index (χ1v) is 6.25. The first kappa shape index (κ1) is 16.9. The van der Waals surface area contributed by atoms with Crippen LogP contribution in [0.2, 0.25) is 0 Å². The van der Waals surface area contributed by atoms with Gasteiger partial charge in [-0.1, -0.05) is 0 Å². The third kappa shape index (κ3) is 2.53.